The van der Waals surface area contributed by atoms with E-state index in [-0.39, 0.29) is 5.69 Å². The molecule has 0 atom stereocenters. The molecule has 0 aliphatic rings. The maximum atomic E-state index is 13.2. The molecule has 0 aromatic heterocycles. The predicted molar refractivity (Wildman–Crippen MR) is 63.2 cm³/mol. The van der Waals surface area contributed by atoms with Crippen LogP contribution in [0.15, 0.2) is 12.1 Å². The maximum Gasteiger partial charge on any atom is 0.128 e. The molecule has 0 aliphatic carbocycles. The lowest BCUT2D eigenvalue weighted by molar-refractivity contribution is 0.0834. The van der Waals surface area contributed by atoms with Gasteiger partial charge < -0.3 is 26.4 Å². The van der Waals surface area contributed by atoms with E-state index in [1.807, 2.05) is 0 Å². The minimum Gasteiger partial charge on any atom is -0.397 e. The number of aliphatic hydroxyl groups is 3. The number of hydrogen-bond acceptors (Lipinski definition) is 5. The van der Waals surface area contributed by atoms with Crippen molar-refractivity contribution in [2.75, 3.05) is 30.9 Å². The van der Waals surface area contributed by atoms with Crippen LogP contribution in [0.4, 0.5) is 15.8 Å². The molecule has 1 rings (SSSR count). The average molecular weight is 244 g/mol. The van der Waals surface area contributed by atoms with Gasteiger partial charge in [0.15, 0.2) is 0 Å². The highest BCUT2D eigenvalue weighted by Crippen LogP contribution is 2.25. The summed E-state index contributed by atoms with van der Waals surface area (Å²) in [5.41, 5.74) is 5.22. The quantitative estimate of drug-likeness (QED) is 0.464. The Morgan fingerprint density at radius 1 is 1.24 bits per heavy atom. The number of halogens is 1. The van der Waals surface area contributed by atoms with Crippen LogP contribution in [0.5, 0.6) is 0 Å². The fraction of sp³-hybridized carbons (Fsp3) is 0.455. The summed E-state index contributed by atoms with van der Waals surface area (Å²) >= 11 is 0. The second-order valence-corrected chi connectivity index (χ2v) is 4.07. The number of aliphatic hydroxyl groups excluding tert-OH is 3. The summed E-state index contributed by atoms with van der Waals surface area (Å²) in [6.07, 6.45) is 0. The summed E-state index contributed by atoms with van der Waals surface area (Å²) in [5.74, 6) is -0.435. The standard InChI is InChI=1S/C11H17FN2O3/c1-7-2-10(9(13)3-8(7)12)14-11(4-15,5-16)6-17/h2-3,14-17H,4-6,13H2,1H3. The van der Waals surface area contributed by atoms with Gasteiger partial charge in [-0.2, -0.15) is 0 Å². The number of rotatable bonds is 5. The van der Waals surface area contributed by atoms with E-state index in [4.69, 9.17) is 21.1 Å². The average Bonchev–Trinajstić information content (AvgIpc) is 2.33. The molecule has 17 heavy (non-hydrogen) atoms. The summed E-state index contributed by atoms with van der Waals surface area (Å²) in [6.45, 7) is 0.139. The first-order chi connectivity index (χ1) is 7.98. The summed E-state index contributed by atoms with van der Waals surface area (Å²) in [4.78, 5) is 0. The fourth-order valence-electron chi connectivity index (χ4n) is 1.36. The summed E-state index contributed by atoms with van der Waals surface area (Å²) in [6, 6.07) is 2.61. The minimum atomic E-state index is -1.28. The summed E-state index contributed by atoms with van der Waals surface area (Å²) < 4.78 is 13.2. The van der Waals surface area contributed by atoms with E-state index in [1.54, 1.807) is 6.92 Å². The molecule has 0 bridgehead atoms. The van der Waals surface area contributed by atoms with Crippen LogP contribution in [0.2, 0.25) is 0 Å². The minimum absolute atomic E-state index is 0.146. The van der Waals surface area contributed by atoms with Gasteiger partial charge in [0, 0.05) is 0 Å². The van der Waals surface area contributed by atoms with E-state index in [2.05, 4.69) is 5.32 Å². The van der Waals surface area contributed by atoms with Gasteiger partial charge in [0.2, 0.25) is 0 Å². The highest BCUT2D eigenvalue weighted by atomic mass is 19.1. The van der Waals surface area contributed by atoms with E-state index in [1.165, 1.54) is 6.07 Å². The van der Waals surface area contributed by atoms with Crippen molar-refractivity contribution in [1.29, 1.82) is 0 Å². The van der Waals surface area contributed by atoms with Crippen molar-refractivity contribution in [3.8, 4) is 0 Å². The van der Waals surface area contributed by atoms with E-state index in [0.717, 1.165) is 6.07 Å². The van der Waals surface area contributed by atoms with Crippen LogP contribution in [0.25, 0.3) is 0 Å². The van der Waals surface area contributed by atoms with Crippen LogP contribution in [0, 0.1) is 12.7 Å². The zero-order valence-electron chi connectivity index (χ0n) is 9.57. The van der Waals surface area contributed by atoms with Crippen molar-refractivity contribution in [1.82, 2.24) is 0 Å². The van der Waals surface area contributed by atoms with Crippen LogP contribution in [0.3, 0.4) is 0 Å². The predicted octanol–water partition coefficient (Wildman–Crippen LogP) is -0.156. The SMILES string of the molecule is Cc1cc(NC(CO)(CO)CO)c(N)cc1F. The number of anilines is 2. The number of hydrogen-bond donors (Lipinski definition) is 5. The first-order valence-electron chi connectivity index (χ1n) is 5.14. The Labute approximate surface area is 98.7 Å². The Balaban J connectivity index is 3.05. The molecule has 0 saturated carbocycles. The molecule has 6 N–H and O–H groups in total. The van der Waals surface area contributed by atoms with Crippen LogP contribution >= 0.6 is 0 Å². The molecule has 0 aliphatic heterocycles. The molecule has 0 amide bonds. The molecule has 0 fully saturated rings. The zero-order chi connectivity index (χ0) is 13.1. The highest BCUT2D eigenvalue weighted by Gasteiger charge is 2.28. The second-order valence-electron chi connectivity index (χ2n) is 4.07. The summed E-state index contributed by atoms with van der Waals surface area (Å²) in [5, 5.41) is 30.2. The van der Waals surface area contributed by atoms with Crippen LogP contribution in [-0.2, 0) is 0 Å². The second kappa shape index (κ2) is 5.31. The Kier molecular flexibility index (Phi) is 4.28. The van der Waals surface area contributed by atoms with Crippen molar-refractivity contribution in [2.24, 2.45) is 0 Å². The lowest BCUT2D eigenvalue weighted by Crippen LogP contribution is -2.49. The van der Waals surface area contributed by atoms with E-state index < -0.39 is 31.2 Å². The van der Waals surface area contributed by atoms with Gasteiger partial charge in [-0.25, -0.2) is 4.39 Å². The Bertz CT molecular complexity index is 386. The smallest absolute Gasteiger partial charge is 0.128 e. The number of nitrogen functional groups attached to an aromatic ring is 1. The molecule has 0 saturated heterocycles. The Hall–Kier alpha value is -1.37. The van der Waals surface area contributed by atoms with Gasteiger partial charge in [0.25, 0.3) is 0 Å². The van der Waals surface area contributed by atoms with Gasteiger partial charge in [0.05, 0.1) is 31.2 Å². The zero-order valence-corrected chi connectivity index (χ0v) is 9.57. The van der Waals surface area contributed by atoms with Crippen LogP contribution in [-0.4, -0.2) is 40.7 Å². The van der Waals surface area contributed by atoms with Gasteiger partial charge in [-0.05, 0) is 24.6 Å². The van der Waals surface area contributed by atoms with Gasteiger partial charge in [0.1, 0.15) is 11.4 Å². The Morgan fingerprint density at radius 3 is 2.24 bits per heavy atom. The molecular weight excluding hydrogens is 227 g/mol. The molecule has 6 heteroatoms. The number of benzene rings is 1. The first-order valence-corrected chi connectivity index (χ1v) is 5.14. The van der Waals surface area contributed by atoms with E-state index >= 15 is 0 Å². The van der Waals surface area contributed by atoms with Crippen molar-refractivity contribution < 1.29 is 19.7 Å². The van der Waals surface area contributed by atoms with E-state index in [9.17, 15) is 4.39 Å². The van der Waals surface area contributed by atoms with Crippen LogP contribution in [0.1, 0.15) is 5.56 Å². The number of nitrogens with two attached hydrogens (primary N) is 1. The lowest BCUT2D eigenvalue weighted by Gasteiger charge is -2.30. The van der Waals surface area contributed by atoms with Gasteiger partial charge in [-0.1, -0.05) is 0 Å². The molecule has 5 nitrogen and oxygen atoms in total. The summed E-state index contributed by atoms with van der Waals surface area (Å²) in [7, 11) is 0. The molecule has 0 spiro atoms. The maximum absolute atomic E-state index is 13.2. The third-order valence-corrected chi connectivity index (χ3v) is 2.64. The van der Waals surface area contributed by atoms with Crippen molar-refractivity contribution in [3.63, 3.8) is 0 Å². The lowest BCUT2D eigenvalue weighted by atomic mass is 10.0. The third kappa shape index (κ3) is 2.85. The molecule has 96 valence electrons. The monoisotopic (exact) mass is 244 g/mol. The number of aryl methyl sites for hydroxylation is 1. The van der Waals surface area contributed by atoms with Gasteiger partial charge >= 0.3 is 0 Å². The van der Waals surface area contributed by atoms with Gasteiger partial charge in [-0.15, -0.1) is 0 Å². The highest BCUT2D eigenvalue weighted by molar-refractivity contribution is 5.68. The topological polar surface area (TPSA) is 98.7 Å². The van der Waals surface area contributed by atoms with E-state index in [0.29, 0.717) is 11.3 Å². The van der Waals surface area contributed by atoms with Crippen molar-refractivity contribution in [2.45, 2.75) is 12.5 Å². The largest absolute Gasteiger partial charge is 0.397 e. The first kappa shape index (κ1) is 13.7. The normalized spacial score (nSPS) is 11.6. The van der Waals surface area contributed by atoms with Crippen molar-refractivity contribution >= 4 is 11.4 Å². The molecule has 0 radical (unpaired) electrons. The Morgan fingerprint density at radius 2 is 1.76 bits per heavy atom. The fourth-order valence-corrected chi connectivity index (χ4v) is 1.36. The molecule has 0 unspecified atom stereocenters. The number of nitrogens with one attached hydrogen (secondary N) is 1. The molecule has 1 aromatic carbocycles. The van der Waals surface area contributed by atoms with Gasteiger partial charge in [-0.3, -0.25) is 0 Å². The third-order valence-electron chi connectivity index (χ3n) is 2.64. The molecule has 0 heterocycles. The van der Waals surface area contributed by atoms with Crippen molar-refractivity contribution in [3.05, 3.63) is 23.5 Å². The van der Waals surface area contributed by atoms with Crippen LogP contribution < -0.4 is 11.1 Å². The molecular formula is C11H17FN2O3. The molecule has 1 aromatic rings.